The van der Waals surface area contributed by atoms with E-state index in [0.29, 0.717) is 12.0 Å². The van der Waals surface area contributed by atoms with Crippen LogP contribution in [0.4, 0.5) is 0 Å². The summed E-state index contributed by atoms with van der Waals surface area (Å²) in [5.41, 5.74) is -0.0414. The number of carboxylic acid groups (broad SMARTS) is 1. The molecule has 2 atom stereocenters. The minimum atomic E-state index is -1.05. The van der Waals surface area contributed by atoms with Crippen molar-refractivity contribution < 1.29 is 14.7 Å². The Bertz CT molecular complexity index is 481. The topological polar surface area (TPSA) is 78.4 Å². The van der Waals surface area contributed by atoms with Gasteiger partial charge in [-0.3, -0.25) is 4.79 Å². The second kappa shape index (κ2) is 6.05. The fraction of sp³-hybridized carbons (Fsp3) is 0.467. The van der Waals surface area contributed by atoms with E-state index < -0.39 is 17.6 Å². The molecule has 2 unspecified atom stereocenters. The number of carboxylic acids is 1. The Labute approximate surface area is 118 Å². The van der Waals surface area contributed by atoms with Crippen molar-refractivity contribution in [1.29, 1.82) is 0 Å². The summed E-state index contributed by atoms with van der Waals surface area (Å²) in [7, 11) is 0. The van der Waals surface area contributed by atoms with Gasteiger partial charge in [-0.15, -0.1) is 0 Å². The predicted octanol–water partition coefficient (Wildman–Crippen LogP) is 1.46. The van der Waals surface area contributed by atoms with Crippen LogP contribution in [-0.2, 0) is 9.59 Å². The lowest BCUT2D eigenvalue weighted by Gasteiger charge is -2.28. The Morgan fingerprint density at radius 1 is 1.40 bits per heavy atom. The maximum absolute atomic E-state index is 12.4. The van der Waals surface area contributed by atoms with Crippen molar-refractivity contribution in [1.82, 2.24) is 10.6 Å². The fourth-order valence-corrected chi connectivity index (χ4v) is 2.66. The third kappa shape index (κ3) is 2.82. The zero-order valence-electron chi connectivity index (χ0n) is 11.6. The van der Waals surface area contributed by atoms with Gasteiger partial charge in [0.25, 0.3) is 0 Å². The van der Waals surface area contributed by atoms with Crippen molar-refractivity contribution in [3.63, 3.8) is 0 Å². The Kier molecular flexibility index (Phi) is 4.39. The SMILES string of the molecule is CCC1(C(=O)NC(C(=O)O)c2ccccc2)CCCN1. The zero-order valence-corrected chi connectivity index (χ0v) is 11.6. The number of hydrogen-bond donors (Lipinski definition) is 3. The maximum atomic E-state index is 12.4. The van der Waals surface area contributed by atoms with Gasteiger partial charge >= 0.3 is 5.97 Å². The van der Waals surface area contributed by atoms with E-state index >= 15 is 0 Å². The maximum Gasteiger partial charge on any atom is 0.330 e. The molecule has 20 heavy (non-hydrogen) atoms. The fourth-order valence-electron chi connectivity index (χ4n) is 2.66. The van der Waals surface area contributed by atoms with E-state index in [4.69, 9.17) is 0 Å². The molecule has 0 spiro atoms. The molecule has 2 rings (SSSR count). The molecular weight excluding hydrogens is 256 g/mol. The molecule has 1 saturated heterocycles. The predicted molar refractivity (Wildman–Crippen MR) is 75.2 cm³/mol. The van der Waals surface area contributed by atoms with Gasteiger partial charge in [-0.2, -0.15) is 0 Å². The molecule has 5 nitrogen and oxygen atoms in total. The lowest BCUT2D eigenvalue weighted by molar-refractivity contribution is -0.143. The molecular formula is C15H20N2O3. The molecule has 0 aliphatic carbocycles. The Balaban J connectivity index is 2.17. The molecule has 0 radical (unpaired) electrons. The summed E-state index contributed by atoms with van der Waals surface area (Å²) in [6.07, 6.45) is 2.33. The van der Waals surface area contributed by atoms with Crippen LogP contribution in [0.15, 0.2) is 30.3 Å². The highest BCUT2D eigenvalue weighted by molar-refractivity contribution is 5.90. The first-order valence-electron chi connectivity index (χ1n) is 6.93. The smallest absolute Gasteiger partial charge is 0.330 e. The number of rotatable bonds is 5. The highest BCUT2D eigenvalue weighted by atomic mass is 16.4. The molecule has 1 fully saturated rings. The van der Waals surface area contributed by atoms with Crippen LogP contribution >= 0.6 is 0 Å². The van der Waals surface area contributed by atoms with Crippen LogP contribution in [0, 0.1) is 0 Å². The normalized spacial score (nSPS) is 23.2. The van der Waals surface area contributed by atoms with Gasteiger partial charge in [0.15, 0.2) is 6.04 Å². The van der Waals surface area contributed by atoms with Gasteiger partial charge in [-0.1, -0.05) is 37.3 Å². The molecule has 1 aromatic carbocycles. The number of benzene rings is 1. The number of amides is 1. The van der Waals surface area contributed by atoms with E-state index in [1.54, 1.807) is 24.3 Å². The molecule has 1 aromatic rings. The molecule has 0 aromatic heterocycles. The third-order valence-corrected chi connectivity index (χ3v) is 3.94. The average molecular weight is 276 g/mol. The summed E-state index contributed by atoms with van der Waals surface area (Å²) in [4.78, 5) is 23.9. The minimum absolute atomic E-state index is 0.228. The van der Waals surface area contributed by atoms with Crippen LogP contribution in [0.5, 0.6) is 0 Å². The van der Waals surface area contributed by atoms with Crippen LogP contribution < -0.4 is 10.6 Å². The molecule has 3 N–H and O–H groups in total. The summed E-state index contributed by atoms with van der Waals surface area (Å²) >= 11 is 0. The van der Waals surface area contributed by atoms with Crippen molar-refractivity contribution in [2.24, 2.45) is 0 Å². The lowest BCUT2D eigenvalue weighted by Crippen LogP contribution is -2.54. The monoisotopic (exact) mass is 276 g/mol. The molecule has 1 aliphatic heterocycles. The quantitative estimate of drug-likeness (QED) is 0.761. The van der Waals surface area contributed by atoms with Crippen LogP contribution in [0.2, 0.25) is 0 Å². The summed E-state index contributed by atoms with van der Waals surface area (Å²) in [5.74, 6) is -1.28. The van der Waals surface area contributed by atoms with E-state index in [0.717, 1.165) is 19.4 Å². The summed E-state index contributed by atoms with van der Waals surface area (Å²) in [6.45, 7) is 2.74. The van der Waals surface area contributed by atoms with Gasteiger partial charge in [0, 0.05) is 0 Å². The molecule has 1 aliphatic rings. The van der Waals surface area contributed by atoms with E-state index in [2.05, 4.69) is 10.6 Å². The van der Waals surface area contributed by atoms with Crippen molar-refractivity contribution in [2.75, 3.05) is 6.54 Å². The number of aliphatic carboxylic acids is 1. The Morgan fingerprint density at radius 2 is 2.10 bits per heavy atom. The zero-order chi connectivity index (χ0) is 14.6. The average Bonchev–Trinajstić information content (AvgIpc) is 2.95. The molecule has 5 heteroatoms. The largest absolute Gasteiger partial charge is 0.479 e. The minimum Gasteiger partial charge on any atom is -0.479 e. The van der Waals surface area contributed by atoms with Crippen molar-refractivity contribution in [3.05, 3.63) is 35.9 Å². The van der Waals surface area contributed by atoms with Gasteiger partial charge in [0.2, 0.25) is 5.91 Å². The number of hydrogen-bond acceptors (Lipinski definition) is 3. The van der Waals surface area contributed by atoms with Gasteiger partial charge in [0.1, 0.15) is 0 Å². The first-order chi connectivity index (χ1) is 9.59. The van der Waals surface area contributed by atoms with Crippen LogP contribution in [0.3, 0.4) is 0 Å². The van der Waals surface area contributed by atoms with Crippen LogP contribution in [-0.4, -0.2) is 29.1 Å². The number of nitrogens with one attached hydrogen (secondary N) is 2. The van der Waals surface area contributed by atoms with Crippen molar-refractivity contribution >= 4 is 11.9 Å². The summed E-state index contributed by atoms with van der Waals surface area (Å²) in [5, 5.41) is 15.2. The van der Waals surface area contributed by atoms with E-state index in [1.807, 2.05) is 13.0 Å². The van der Waals surface area contributed by atoms with Crippen LogP contribution in [0.1, 0.15) is 37.8 Å². The first kappa shape index (κ1) is 14.5. The number of carbonyl (C=O) groups is 2. The van der Waals surface area contributed by atoms with Crippen LogP contribution in [0.25, 0.3) is 0 Å². The molecule has 0 bridgehead atoms. The standard InChI is InChI=1S/C15H20N2O3/c1-2-15(9-6-10-16-15)14(20)17-12(13(18)19)11-7-4-3-5-8-11/h3-5,7-8,12,16H,2,6,9-10H2,1H3,(H,17,20)(H,18,19). The Morgan fingerprint density at radius 3 is 2.60 bits per heavy atom. The summed E-state index contributed by atoms with van der Waals surface area (Å²) < 4.78 is 0. The highest BCUT2D eigenvalue weighted by Gasteiger charge is 2.40. The summed E-state index contributed by atoms with van der Waals surface area (Å²) in [6, 6.07) is 7.76. The van der Waals surface area contributed by atoms with Gasteiger partial charge in [-0.05, 0) is 31.4 Å². The molecule has 0 saturated carbocycles. The number of carbonyl (C=O) groups excluding carboxylic acids is 1. The molecule has 1 amide bonds. The second-order valence-corrected chi connectivity index (χ2v) is 5.12. The third-order valence-electron chi connectivity index (χ3n) is 3.94. The Hall–Kier alpha value is -1.88. The van der Waals surface area contributed by atoms with Gasteiger partial charge < -0.3 is 15.7 Å². The van der Waals surface area contributed by atoms with Crippen molar-refractivity contribution in [3.8, 4) is 0 Å². The first-order valence-corrected chi connectivity index (χ1v) is 6.93. The van der Waals surface area contributed by atoms with E-state index in [1.165, 1.54) is 0 Å². The second-order valence-electron chi connectivity index (χ2n) is 5.12. The van der Waals surface area contributed by atoms with Crippen molar-refractivity contribution in [2.45, 2.75) is 37.8 Å². The van der Waals surface area contributed by atoms with Gasteiger partial charge in [0.05, 0.1) is 5.54 Å². The van der Waals surface area contributed by atoms with E-state index in [9.17, 15) is 14.7 Å². The molecule has 1 heterocycles. The van der Waals surface area contributed by atoms with E-state index in [-0.39, 0.29) is 5.91 Å². The highest BCUT2D eigenvalue weighted by Crippen LogP contribution is 2.24. The van der Waals surface area contributed by atoms with Gasteiger partial charge in [-0.25, -0.2) is 4.79 Å². The lowest BCUT2D eigenvalue weighted by atomic mass is 9.92. The molecule has 108 valence electrons.